The van der Waals surface area contributed by atoms with Crippen molar-refractivity contribution in [1.82, 2.24) is 0 Å². The molecule has 0 saturated carbocycles. The average Bonchev–Trinajstić information content (AvgIpc) is 1.18. The number of hydrogen-bond donors (Lipinski definition) is 2. The first kappa shape index (κ1) is 49.6. The molecule has 11 aromatic carbocycles. The van der Waals surface area contributed by atoms with Crippen molar-refractivity contribution in [3.8, 4) is 22.3 Å². The highest BCUT2D eigenvalue weighted by molar-refractivity contribution is 7.03. The van der Waals surface area contributed by atoms with E-state index in [1.807, 2.05) is 12.2 Å². The zero-order valence-corrected chi connectivity index (χ0v) is 46.6. The number of para-hydroxylation sites is 6. The molecule has 0 amide bonds. The van der Waals surface area contributed by atoms with Crippen LogP contribution in [0.5, 0.6) is 0 Å². The minimum atomic E-state index is -0.162. The quantitative estimate of drug-likeness (QED) is 0.0993. The van der Waals surface area contributed by atoms with Gasteiger partial charge in [0.05, 0.1) is 5.69 Å². The summed E-state index contributed by atoms with van der Waals surface area (Å²) in [6, 6.07) is 94.4. The fraction of sp³-hybridized carbons (Fsp3) is 0.0400. The van der Waals surface area contributed by atoms with Crippen LogP contribution in [0.4, 0.5) is 79.6 Å². The van der Waals surface area contributed by atoms with E-state index in [0.717, 1.165) is 113 Å². The summed E-state index contributed by atoms with van der Waals surface area (Å²) in [6.07, 6.45) is 6.03. The third-order valence-electron chi connectivity index (χ3n) is 17.0. The Bertz CT molecular complexity index is 4350. The van der Waals surface area contributed by atoms with E-state index >= 15 is 0 Å². The maximum atomic E-state index is 4.07. The van der Waals surface area contributed by atoms with Crippen LogP contribution in [0, 0.1) is 0 Å². The van der Waals surface area contributed by atoms with Gasteiger partial charge >= 0.3 is 0 Å². The van der Waals surface area contributed by atoms with Crippen molar-refractivity contribution in [1.29, 1.82) is 0 Å². The molecule has 0 unspecified atom stereocenters. The molecule has 2 N–H and O–H groups in total. The van der Waals surface area contributed by atoms with Crippen LogP contribution in [0.3, 0.4) is 0 Å². The fourth-order valence-electron chi connectivity index (χ4n) is 13.6. The van der Waals surface area contributed by atoms with Crippen LogP contribution in [-0.2, 0) is 0 Å². The summed E-state index contributed by atoms with van der Waals surface area (Å²) in [5.74, 6) is 0. The minimum absolute atomic E-state index is 0.142. The van der Waals surface area contributed by atoms with Crippen LogP contribution in [0.15, 0.2) is 291 Å². The summed E-state index contributed by atoms with van der Waals surface area (Å²) in [5.41, 5.74) is 29.6. The molecule has 11 aromatic rings. The third-order valence-corrected chi connectivity index (χ3v) is 17.0. The van der Waals surface area contributed by atoms with Gasteiger partial charge in [-0.3, -0.25) is 0 Å². The molecule has 394 valence electrons. The molecule has 0 radical (unpaired) electrons. The Morgan fingerprint density at radius 3 is 1.17 bits per heavy atom. The lowest BCUT2D eigenvalue weighted by Crippen LogP contribution is -2.65. The molecule has 0 saturated heterocycles. The van der Waals surface area contributed by atoms with E-state index in [-0.39, 0.29) is 13.4 Å². The van der Waals surface area contributed by atoms with Crippen molar-refractivity contribution in [2.75, 3.05) is 30.2 Å². The van der Waals surface area contributed by atoms with Gasteiger partial charge in [-0.2, -0.15) is 0 Å². The lowest BCUT2D eigenvalue weighted by Gasteiger charge is -2.48. The molecule has 8 heteroatoms. The number of hydrogen-bond acceptors (Lipinski definition) is 6. The van der Waals surface area contributed by atoms with Gasteiger partial charge in [0.15, 0.2) is 0 Å². The molecule has 0 spiro atoms. The summed E-state index contributed by atoms with van der Waals surface area (Å²) in [7, 11) is 0. The number of nitrogens with one attached hydrogen (secondary N) is 2. The van der Waals surface area contributed by atoms with Crippen LogP contribution in [0.2, 0.25) is 0 Å². The molecule has 4 aliphatic heterocycles. The normalized spacial score (nSPS) is 13.5. The number of fused-ring (bicyclic) bond motifs is 8. The average molecular weight is 1060 g/mol. The first-order chi connectivity index (χ1) is 40.9. The highest BCUT2D eigenvalue weighted by Crippen LogP contribution is 2.53. The Hall–Kier alpha value is -10.4. The van der Waals surface area contributed by atoms with Crippen LogP contribution in [-0.4, -0.2) is 13.4 Å². The predicted molar refractivity (Wildman–Crippen MR) is 356 cm³/mol. The highest BCUT2D eigenvalue weighted by atomic mass is 15.2. The predicted octanol–water partition coefficient (Wildman–Crippen LogP) is 16.0. The lowest BCUT2D eigenvalue weighted by atomic mass is 9.30. The SMILES string of the molecule is C=C/C=C(\C)Nc1cc2c3c(c1)N(c1ccccc1)c1cc4c(cc1B3c1ccccc1N2c1ccccc1)B1c2ccccc2N(c2ccccc2)c2cc(N/C(C)=C/C)cc(c21)N4c1c(-c2ccccc2)cccc1-c1ccccc1. The summed E-state index contributed by atoms with van der Waals surface area (Å²) >= 11 is 0. The fourth-order valence-corrected chi connectivity index (χ4v) is 13.6. The minimum Gasteiger partial charge on any atom is -0.359 e. The van der Waals surface area contributed by atoms with E-state index in [0.29, 0.717) is 0 Å². The van der Waals surface area contributed by atoms with Gasteiger partial charge in [-0.15, -0.1) is 0 Å². The first-order valence-corrected chi connectivity index (χ1v) is 28.7. The Balaban J connectivity index is 1.11. The van der Waals surface area contributed by atoms with Gasteiger partial charge in [-0.25, -0.2) is 0 Å². The smallest absolute Gasteiger partial charge is 0.252 e. The van der Waals surface area contributed by atoms with Gasteiger partial charge in [-0.05, 0) is 150 Å². The standard InChI is InChI=1S/C75H58B2N6/c1-5-27-51(4)79-55-45-69-73-71(46-55)82(58-36-20-11-21-37-58)67-49-68-64(48-63(67)76(73)61-40-22-24-42-65(61)80(69)56-32-16-9-17-33-56)77-62-41-23-25-43-66(62)81(57-34-18-10-19-35-57)70-44-54(78-50(3)6-2)47-72(74(70)77)83(68)75-59(52-28-12-7-13-29-52)38-26-39-60(75)53-30-14-8-15-31-53/h5-49,78-79H,1H2,2-4H3/b50-6+,51-27+. The van der Waals surface area contributed by atoms with E-state index in [1.54, 1.807) is 0 Å². The van der Waals surface area contributed by atoms with Gasteiger partial charge in [0.2, 0.25) is 0 Å². The van der Waals surface area contributed by atoms with E-state index in [4.69, 9.17) is 0 Å². The zero-order chi connectivity index (χ0) is 55.7. The molecular weight excluding hydrogens is 1010 g/mol. The molecule has 4 aliphatic rings. The largest absolute Gasteiger partial charge is 0.359 e. The van der Waals surface area contributed by atoms with Gasteiger partial charge < -0.3 is 30.2 Å². The first-order valence-electron chi connectivity index (χ1n) is 28.7. The molecule has 15 rings (SSSR count). The van der Waals surface area contributed by atoms with Crippen molar-refractivity contribution in [2.24, 2.45) is 0 Å². The van der Waals surface area contributed by atoms with Gasteiger partial charge in [0.1, 0.15) is 0 Å². The van der Waals surface area contributed by atoms with Gasteiger partial charge in [0, 0.05) is 96.5 Å². The number of anilines is 14. The summed E-state index contributed by atoms with van der Waals surface area (Å²) in [6.45, 7) is 10.1. The topological polar surface area (TPSA) is 37.0 Å². The van der Waals surface area contributed by atoms with Crippen LogP contribution >= 0.6 is 0 Å². The van der Waals surface area contributed by atoms with Crippen LogP contribution in [0.25, 0.3) is 22.3 Å². The molecule has 0 aromatic heterocycles. The Labute approximate surface area is 487 Å². The molecular formula is C75H58B2N6. The summed E-state index contributed by atoms with van der Waals surface area (Å²) in [5, 5.41) is 7.70. The van der Waals surface area contributed by atoms with Crippen molar-refractivity contribution >= 4 is 126 Å². The maximum Gasteiger partial charge on any atom is 0.252 e. The van der Waals surface area contributed by atoms with Gasteiger partial charge in [0.25, 0.3) is 13.4 Å². The van der Waals surface area contributed by atoms with Crippen molar-refractivity contribution in [3.05, 3.63) is 291 Å². The van der Waals surface area contributed by atoms with Crippen LogP contribution < -0.4 is 63.0 Å². The lowest BCUT2D eigenvalue weighted by molar-refractivity contribution is 1.23. The second kappa shape index (κ2) is 20.3. The van der Waals surface area contributed by atoms with E-state index in [9.17, 15) is 0 Å². The molecule has 4 heterocycles. The highest BCUT2D eigenvalue weighted by Gasteiger charge is 2.49. The zero-order valence-electron chi connectivity index (χ0n) is 46.6. The molecule has 0 fully saturated rings. The molecule has 0 aliphatic carbocycles. The second-order valence-electron chi connectivity index (χ2n) is 21.9. The number of allylic oxidation sites excluding steroid dienone is 5. The Kier molecular flexibility index (Phi) is 12.1. The second-order valence-corrected chi connectivity index (χ2v) is 21.9. The Morgan fingerprint density at radius 2 is 0.735 bits per heavy atom. The van der Waals surface area contributed by atoms with Crippen molar-refractivity contribution in [2.45, 2.75) is 20.8 Å². The summed E-state index contributed by atoms with van der Waals surface area (Å²) in [4.78, 5) is 10.2. The van der Waals surface area contributed by atoms with E-state index in [2.05, 4.69) is 318 Å². The molecule has 6 nitrogen and oxygen atoms in total. The maximum absolute atomic E-state index is 4.07. The molecule has 0 bridgehead atoms. The third kappa shape index (κ3) is 8.12. The monoisotopic (exact) mass is 1060 g/mol. The molecule has 0 atom stereocenters. The van der Waals surface area contributed by atoms with E-state index in [1.165, 1.54) is 32.8 Å². The summed E-state index contributed by atoms with van der Waals surface area (Å²) < 4.78 is 0. The van der Waals surface area contributed by atoms with Gasteiger partial charge in [-0.1, -0.05) is 195 Å². The Morgan fingerprint density at radius 1 is 0.361 bits per heavy atom. The number of benzene rings is 11. The van der Waals surface area contributed by atoms with Crippen LogP contribution in [0.1, 0.15) is 20.8 Å². The molecule has 83 heavy (non-hydrogen) atoms. The number of rotatable bonds is 11. The number of nitrogens with zero attached hydrogens (tertiary/aromatic N) is 4. The van der Waals surface area contributed by atoms with Crippen molar-refractivity contribution < 1.29 is 0 Å². The van der Waals surface area contributed by atoms with E-state index < -0.39 is 0 Å². The van der Waals surface area contributed by atoms with Crippen molar-refractivity contribution in [3.63, 3.8) is 0 Å².